The van der Waals surface area contributed by atoms with E-state index in [2.05, 4.69) is 15.6 Å². The molecule has 0 aliphatic heterocycles. The molecule has 2 aromatic rings. The largest absolute Gasteiger partial charge is 0.465 e. The van der Waals surface area contributed by atoms with E-state index in [1.54, 1.807) is 27.2 Å². The van der Waals surface area contributed by atoms with Gasteiger partial charge in [-0.05, 0) is 49.3 Å². The van der Waals surface area contributed by atoms with Crippen LogP contribution in [-0.4, -0.2) is 48.1 Å². The number of rotatable bonds is 4. The molecule has 0 bridgehead atoms. The van der Waals surface area contributed by atoms with Gasteiger partial charge in [-0.15, -0.1) is 11.3 Å². The number of ether oxygens (including phenoxy) is 1. The third-order valence-electron chi connectivity index (χ3n) is 3.52. The molecule has 1 amide bonds. The van der Waals surface area contributed by atoms with E-state index in [1.165, 1.54) is 12.0 Å². The molecule has 2 heterocycles. The lowest BCUT2D eigenvalue weighted by molar-refractivity contribution is 0.0601. The molecule has 2 aromatic heterocycles. The Bertz CT molecular complexity index is 862. The smallest absolute Gasteiger partial charge is 0.341 e. The summed E-state index contributed by atoms with van der Waals surface area (Å²) in [6.45, 7) is 3.66. The summed E-state index contributed by atoms with van der Waals surface area (Å²) >= 11 is 6.47. The zero-order valence-electron chi connectivity index (χ0n) is 15.2. The highest BCUT2D eigenvalue weighted by Crippen LogP contribution is 2.34. The van der Waals surface area contributed by atoms with Gasteiger partial charge in [0.2, 0.25) is 0 Å². The molecular formula is C17H20N4O3S2. The third-order valence-corrected chi connectivity index (χ3v) is 4.92. The number of thiocarbonyl (C=S) groups is 1. The summed E-state index contributed by atoms with van der Waals surface area (Å²) in [5.41, 5.74) is 1.88. The molecule has 0 aromatic carbocycles. The molecule has 7 nitrogen and oxygen atoms in total. The normalized spacial score (nSPS) is 10.2. The predicted octanol–water partition coefficient (Wildman–Crippen LogP) is 3.06. The van der Waals surface area contributed by atoms with Crippen molar-refractivity contribution < 1.29 is 14.3 Å². The van der Waals surface area contributed by atoms with Crippen LogP contribution in [0.5, 0.6) is 0 Å². The Kier molecular flexibility index (Phi) is 6.27. The predicted molar refractivity (Wildman–Crippen MR) is 107 cm³/mol. The SMILES string of the molecule is COC(=O)c1c(NC(=S)Nc2cc(C)ccn2)sc(C(=O)N(C)C)c1C. The zero-order valence-corrected chi connectivity index (χ0v) is 16.8. The number of methoxy groups -OCH3 is 1. The fourth-order valence-corrected chi connectivity index (χ4v) is 3.70. The number of pyridine rings is 1. The van der Waals surface area contributed by atoms with Gasteiger partial charge in [-0.2, -0.15) is 0 Å². The Labute approximate surface area is 161 Å². The van der Waals surface area contributed by atoms with E-state index < -0.39 is 5.97 Å². The molecule has 0 aliphatic carbocycles. The van der Waals surface area contributed by atoms with Crippen LogP contribution in [0.3, 0.4) is 0 Å². The lowest BCUT2D eigenvalue weighted by Crippen LogP contribution is -2.21. The summed E-state index contributed by atoms with van der Waals surface area (Å²) in [6.07, 6.45) is 1.67. The summed E-state index contributed by atoms with van der Waals surface area (Å²) in [6, 6.07) is 3.72. The van der Waals surface area contributed by atoms with Crippen LogP contribution in [0, 0.1) is 13.8 Å². The van der Waals surface area contributed by atoms with Crippen LogP contribution in [0.1, 0.15) is 31.2 Å². The van der Waals surface area contributed by atoms with Gasteiger partial charge in [0.1, 0.15) is 10.8 Å². The Balaban J connectivity index is 2.32. The minimum Gasteiger partial charge on any atom is -0.465 e. The number of nitrogens with zero attached hydrogens (tertiary/aromatic N) is 2. The molecule has 0 unspecified atom stereocenters. The second-order valence-electron chi connectivity index (χ2n) is 5.75. The number of esters is 1. The van der Waals surface area contributed by atoms with Gasteiger partial charge < -0.3 is 20.3 Å². The fourth-order valence-electron chi connectivity index (χ4n) is 2.21. The molecular weight excluding hydrogens is 372 g/mol. The maximum Gasteiger partial charge on any atom is 0.341 e. The number of aromatic nitrogens is 1. The number of hydrogen-bond acceptors (Lipinski definition) is 6. The monoisotopic (exact) mass is 392 g/mol. The topological polar surface area (TPSA) is 83.6 Å². The Morgan fingerprint density at radius 2 is 1.96 bits per heavy atom. The van der Waals surface area contributed by atoms with Crippen molar-refractivity contribution in [2.75, 3.05) is 31.8 Å². The molecule has 138 valence electrons. The van der Waals surface area contributed by atoms with Gasteiger partial charge in [0.15, 0.2) is 5.11 Å². The van der Waals surface area contributed by atoms with E-state index in [0.29, 0.717) is 26.8 Å². The first-order valence-corrected chi connectivity index (χ1v) is 8.91. The van der Waals surface area contributed by atoms with Crippen molar-refractivity contribution >= 4 is 51.4 Å². The Morgan fingerprint density at radius 3 is 2.54 bits per heavy atom. The lowest BCUT2D eigenvalue weighted by Gasteiger charge is -2.10. The molecule has 0 spiro atoms. The molecule has 2 rings (SSSR count). The quantitative estimate of drug-likeness (QED) is 0.611. The lowest BCUT2D eigenvalue weighted by atomic mass is 10.1. The summed E-state index contributed by atoms with van der Waals surface area (Å²) in [4.78, 5) is 30.6. The van der Waals surface area contributed by atoms with Crippen molar-refractivity contribution in [3.63, 3.8) is 0 Å². The number of anilines is 2. The molecule has 0 fully saturated rings. The van der Waals surface area contributed by atoms with Crippen molar-refractivity contribution in [1.82, 2.24) is 9.88 Å². The van der Waals surface area contributed by atoms with E-state index in [1.807, 2.05) is 19.1 Å². The molecule has 0 aliphatic rings. The first-order valence-electron chi connectivity index (χ1n) is 7.68. The van der Waals surface area contributed by atoms with Gasteiger partial charge in [0, 0.05) is 20.3 Å². The minimum absolute atomic E-state index is 0.190. The first-order chi connectivity index (χ1) is 12.2. The number of aryl methyl sites for hydroxylation is 1. The summed E-state index contributed by atoms with van der Waals surface area (Å²) < 4.78 is 4.85. The van der Waals surface area contributed by atoms with Crippen LogP contribution in [0.15, 0.2) is 18.3 Å². The van der Waals surface area contributed by atoms with Gasteiger partial charge in [-0.25, -0.2) is 9.78 Å². The van der Waals surface area contributed by atoms with E-state index in [0.717, 1.165) is 16.9 Å². The maximum absolute atomic E-state index is 12.4. The van der Waals surface area contributed by atoms with Crippen molar-refractivity contribution in [3.8, 4) is 0 Å². The van der Waals surface area contributed by atoms with Crippen LogP contribution in [0.25, 0.3) is 0 Å². The first kappa shape index (κ1) is 19.8. The molecule has 9 heteroatoms. The van der Waals surface area contributed by atoms with Crippen LogP contribution in [0.2, 0.25) is 0 Å². The standard InChI is InChI=1S/C17H20N4O3S2/c1-9-6-7-18-11(8-9)19-17(25)20-14-12(16(23)24-5)10(2)13(26-14)15(22)21(3)4/h6-8H,1-5H3,(H2,18,19,20,25). The average Bonchev–Trinajstić information content (AvgIpc) is 2.89. The third kappa shape index (κ3) is 4.36. The number of thiophene rings is 1. The highest BCUT2D eigenvalue weighted by molar-refractivity contribution is 7.80. The van der Waals surface area contributed by atoms with Crippen molar-refractivity contribution in [2.24, 2.45) is 0 Å². The minimum atomic E-state index is -0.532. The molecule has 0 saturated heterocycles. The number of carbonyl (C=O) groups is 2. The molecule has 0 atom stereocenters. The maximum atomic E-state index is 12.4. The average molecular weight is 393 g/mol. The van der Waals surface area contributed by atoms with Crippen LogP contribution in [0.4, 0.5) is 10.8 Å². The number of carbonyl (C=O) groups excluding carboxylic acids is 2. The van der Waals surface area contributed by atoms with Crippen LogP contribution >= 0.6 is 23.6 Å². The van der Waals surface area contributed by atoms with Gasteiger partial charge in [0.05, 0.1) is 17.6 Å². The van der Waals surface area contributed by atoms with E-state index >= 15 is 0 Å². The van der Waals surface area contributed by atoms with Crippen molar-refractivity contribution in [3.05, 3.63) is 39.9 Å². The zero-order chi connectivity index (χ0) is 19.4. The van der Waals surface area contributed by atoms with Crippen molar-refractivity contribution in [1.29, 1.82) is 0 Å². The number of amides is 1. The van der Waals surface area contributed by atoms with Gasteiger partial charge in [-0.1, -0.05) is 0 Å². The summed E-state index contributed by atoms with van der Waals surface area (Å²) in [5, 5.41) is 6.65. The van der Waals surface area contributed by atoms with E-state index in [9.17, 15) is 9.59 Å². The Morgan fingerprint density at radius 1 is 1.27 bits per heavy atom. The molecule has 26 heavy (non-hydrogen) atoms. The van der Waals surface area contributed by atoms with Crippen molar-refractivity contribution in [2.45, 2.75) is 13.8 Å². The second-order valence-corrected chi connectivity index (χ2v) is 7.18. The van der Waals surface area contributed by atoms with Gasteiger partial charge in [0.25, 0.3) is 5.91 Å². The summed E-state index contributed by atoms with van der Waals surface area (Å²) in [5.74, 6) is -0.138. The Hall–Kier alpha value is -2.52. The highest BCUT2D eigenvalue weighted by Gasteiger charge is 2.26. The molecule has 2 N–H and O–H groups in total. The highest BCUT2D eigenvalue weighted by atomic mass is 32.1. The van der Waals surface area contributed by atoms with E-state index in [-0.39, 0.29) is 11.0 Å². The van der Waals surface area contributed by atoms with E-state index in [4.69, 9.17) is 17.0 Å². The fraction of sp³-hybridized carbons (Fsp3) is 0.294. The number of nitrogens with one attached hydrogen (secondary N) is 2. The molecule has 0 radical (unpaired) electrons. The summed E-state index contributed by atoms with van der Waals surface area (Å²) in [7, 11) is 4.61. The van der Waals surface area contributed by atoms with Crippen LogP contribution in [-0.2, 0) is 4.74 Å². The molecule has 0 saturated carbocycles. The van der Waals surface area contributed by atoms with Gasteiger partial charge in [-0.3, -0.25) is 4.79 Å². The second kappa shape index (κ2) is 8.24. The van der Waals surface area contributed by atoms with Gasteiger partial charge >= 0.3 is 5.97 Å². The van der Waals surface area contributed by atoms with Crippen LogP contribution < -0.4 is 10.6 Å². The number of hydrogen-bond donors (Lipinski definition) is 2.